The highest BCUT2D eigenvalue weighted by molar-refractivity contribution is 5.71. The van der Waals surface area contributed by atoms with Gasteiger partial charge in [0.05, 0.1) is 0 Å². The Hall–Kier alpha value is -2.89. The first kappa shape index (κ1) is 60.1. The maximum atomic E-state index is 12.8. The van der Waals surface area contributed by atoms with Crippen molar-refractivity contribution in [3.05, 3.63) is 60.8 Å². The molecule has 0 radical (unpaired) electrons. The van der Waals surface area contributed by atoms with Gasteiger partial charge in [0, 0.05) is 19.3 Å². The highest BCUT2D eigenvalue weighted by Gasteiger charge is 2.19. The minimum Gasteiger partial charge on any atom is -0.462 e. The van der Waals surface area contributed by atoms with Crippen molar-refractivity contribution in [1.82, 2.24) is 0 Å². The number of ether oxygens (including phenoxy) is 3. The number of esters is 3. The lowest BCUT2D eigenvalue weighted by atomic mass is 10.1. The van der Waals surface area contributed by atoms with E-state index in [0.717, 1.165) is 109 Å². The molecule has 0 unspecified atom stereocenters. The van der Waals surface area contributed by atoms with Crippen LogP contribution in [-0.4, -0.2) is 37.2 Å². The summed E-state index contributed by atoms with van der Waals surface area (Å²) in [5.41, 5.74) is 0. The Bertz CT molecular complexity index is 1150. The summed E-state index contributed by atoms with van der Waals surface area (Å²) in [6, 6.07) is 0. The lowest BCUT2D eigenvalue weighted by Gasteiger charge is -2.18. The SMILES string of the molecule is CC/C=C\C/C=C\C/C=C\CCCCCCCC(=O)O[C@H](COC(=O)CCCCCCC/C=C\CCCCCCC)COC(=O)CCCCCCC/C=C\CCCCCCCCC. The molecule has 1 atom stereocenters. The van der Waals surface area contributed by atoms with Crippen molar-refractivity contribution in [3.8, 4) is 0 Å². The molecular formula is C57H100O6. The molecule has 0 fully saturated rings. The van der Waals surface area contributed by atoms with Crippen LogP contribution in [0.5, 0.6) is 0 Å². The van der Waals surface area contributed by atoms with Crippen molar-refractivity contribution >= 4 is 17.9 Å². The second-order valence-electron chi connectivity index (χ2n) is 17.7. The molecule has 0 aromatic carbocycles. The molecule has 0 aliphatic carbocycles. The third-order valence-electron chi connectivity index (χ3n) is 11.5. The van der Waals surface area contributed by atoms with E-state index >= 15 is 0 Å². The molecule has 6 heteroatoms. The van der Waals surface area contributed by atoms with E-state index in [1.165, 1.54) is 116 Å². The normalized spacial score (nSPS) is 12.5. The largest absolute Gasteiger partial charge is 0.462 e. The average molecular weight is 881 g/mol. The van der Waals surface area contributed by atoms with Gasteiger partial charge in [0.25, 0.3) is 0 Å². The molecular weight excluding hydrogens is 781 g/mol. The van der Waals surface area contributed by atoms with Gasteiger partial charge >= 0.3 is 17.9 Å². The minimum atomic E-state index is -0.789. The van der Waals surface area contributed by atoms with E-state index in [2.05, 4.69) is 81.5 Å². The van der Waals surface area contributed by atoms with Crippen LogP contribution >= 0.6 is 0 Å². The first-order chi connectivity index (χ1) is 31.0. The molecule has 0 spiro atoms. The Kier molecular flexibility index (Phi) is 49.4. The van der Waals surface area contributed by atoms with Gasteiger partial charge in [-0.05, 0) is 103 Å². The van der Waals surface area contributed by atoms with Crippen LogP contribution in [0.2, 0.25) is 0 Å². The van der Waals surface area contributed by atoms with Crippen molar-refractivity contribution in [2.75, 3.05) is 13.2 Å². The van der Waals surface area contributed by atoms with Crippen LogP contribution in [0.1, 0.15) is 265 Å². The van der Waals surface area contributed by atoms with Crippen LogP contribution in [-0.2, 0) is 28.6 Å². The first-order valence-corrected chi connectivity index (χ1v) is 26.8. The van der Waals surface area contributed by atoms with E-state index in [0.29, 0.717) is 19.3 Å². The molecule has 0 saturated carbocycles. The van der Waals surface area contributed by atoms with E-state index in [-0.39, 0.29) is 31.1 Å². The first-order valence-electron chi connectivity index (χ1n) is 26.8. The molecule has 0 aromatic heterocycles. The Labute approximate surface area is 390 Å². The van der Waals surface area contributed by atoms with Crippen LogP contribution < -0.4 is 0 Å². The number of carbonyl (C=O) groups is 3. The van der Waals surface area contributed by atoms with Gasteiger partial charge in [-0.15, -0.1) is 0 Å². The van der Waals surface area contributed by atoms with Crippen LogP contribution in [0.4, 0.5) is 0 Å². The zero-order chi connectivity index (χ0) is 45.8. The fraction of sp³-hybridized carbons (Fsp3) is 0.772. The monoisotopic (exact) mass is 881 g/mol. The molecule has 0 aliphatic heterocycles. The number of hydrogen-bond donors (Lipinski definition) is 0. The molecule has 0 aliphatic rings. The van der Waals surface area contributed by atoms with Crippen molar-refractivity contribution in [2.45, 2.75) is 271 Å². The lowest BCUT2D eigenvalue weighted by Crippen LogP contribution is -2.30. The maximum Gasteiger partial charge on any atom is 0.306 e. The van der Waals surface area contributed by atoms with Gasteiger partial charge in [-0.2, -0.15) is 0 Å². The zero-order valence-electron chi connectivity index (χ0n) is 41.6. The fourth-order valence-electron chi connectivity index (χ4n) is 7.45. The van der Waals surface area contributed by atoms with Crippen molar-refractivity contribution in [2.24, 2.45) is 0 Å². The average Bonchev–Trinajstić information content (AvgIpc) is 3.28. The second-order valence-corrected chi connectivity index (χ2v) is 17.7. The summed E-state index contributed by atoms with van der Waals surface area (Å²) in [6.45, 7) is 6.50. The van der Waals surface area contributed by atoms with Crippen molar-refractivity contribution in [1.29, 1.82) is 0 Å². The highest BCUT2D eigenvalue weighted by Crippen LogP contribution is 2.14. The van der Waals surface area contributed by atoms with Gasteiger partial charge in [-0.3, -0.25) is 14.4 Å². The summed E-state index contributed by atoms with van der Waals surface area (Å²) < 4.78 is 16.8. The van der Waals surface area contributed by atoms with Crippen LogP contribution in [0.3, 0.4) is 0 Å². The summed E-state index contributed by atoms with van der Waals surface area (Å²) in [5.74, 6) is -0.915. The van der Waals surface area contributed by atoms with E-state index in [9.17, 15) is 14.4 Å². The predicted octanol–water partition coefficient (Wildman–Crippen LogP) is 17.6. The Morgan fingerprint density at radius 2 is 0.619 bits per heavy atom. The quantitative estimate of drug-likeness (QED) is 0.0262. The van der Waals surface area contributed by atoms with E-state index in [4.69, 9.17) is 14.2 Å². The smallest absolute Gasteiger partial charge is 0.306 e. The maximum absolute atomic E-state index is 12.8. The van der Waals surface area contributed by atoms with E-state index in [1.54, 1.807) is 0 Å². The Morgan fingerprint density at radius 1 is 0.333 bits per heavy atom. The van der Waals surface area contributed by atoms with Gasteiger partial charge in [0.1, 0.15) is 13.2 Å². The summed E-state index contributed by atoms with van der Waals surface area (Å²) in [6.07, 6.45) is 63.4. The zero-order valence-corrected chi connectivity index (χ0v) is 41.6. The van der Waals surface area contributed by atoms with Crippen LogP contribution in [0, 0.1) is 0 Å². The number of hydrogen-bond acceptors (Lipinski definition) is 6. The summed E-state index contributed by atoms with van der Waals surface area (Å²) >= 11 is 0. The second kappa shape index (κ2) is 51.7. The molecule has 0 amide bonds. The van der Waals surface area contributed by atoms with Crippen LogP contribution in [0.15, 0.2) is 60.8 Å². The van der Waals surface area contributed by atoms with Crippen molar-refractivity contribution in [3.63, 3.8) is 0 Å². The summed E-state index contributed by atoms with van der Waals surface area (Å²) in [5, 5.41) is 0. The fourth-order valence-corrected chi connectivity index (χ4v) is 7.45. The van der Waals surface area contributed by atoms with E-state index in [1.807, 2.05) is 0 Å². The topological polar surface area (TPSA) is 78.9 Å². The predicted molar refractivity (Wildman–Crippen MR) is 270 cm³/mol. The third-order valence-corrected chi connectivity index (χ3v) is 11.5. The summed E-state index contributed by atoms with van der Waals surface area (Å²) in [7, 11) is 0. The van der Waals surface area contributed by atoms with E-state index < -0.39 is 6.10 Å². The lowest BCUT2D eigenvalue weighted by molar-refractivity contribution is -0.167. The highest BCUT2D eigenvalue weighted by atomic mass is 16.6. The third kappa shape index (κ3) is 50.0. The molecule has 63 heavy (non-hydrogen) atoms. The van der Waals surface area contributed by atoms with Gasteiger partial charge in [0.2, 0.25) is 0 Å². The molecule has 0 aromatic rings. The van der Waals surface area contributed by atoms with Gasteiger partial charge < -0.3 is 14.2 Å². The molecule has 0 saturated heterocycles. The van der Waals surface area contributed by atoms with Crippen LogP contribution in [0.25, 0.3) is 0 Å². The van der Waals surface area contributed by atoms with Gasteiger partial charge in [-0.25, -0.2) is 0 Å². The molecule has 0 bridgehead atoms. The number of unbranched alkanes of at least 4 members (excludes halogenated alkanes) is 27. The number of carbonyl (C=O) groups excluding carboxylic acids is 3. The number of allylic oxidation sites excluding steroid dienone is 10. The van der Waals surface area contributed by atoms with Crippen molar-refractivity contribution < 1.29 is 28.6 Å². The molecule has 0 N–H and O–H groups in total. The Balaban J connectivity index is 4.42. The molecule has 0 rings (SSSR count). The standard InChI is InChI=1S/C57H100O6/c1-4-7-10-13-16-19-22-25-28-30-32-35-38-41-44-47-50-56(59)62-53-54(52-61-55(58)49-46-43-40-37-34-31-27-24-21-18-15-12-9-6-3)63-57(60)51-48-45-42-39-36-33-29-26-23-20-17-14-11-8-5-2/h8,11,17,20,24,26-30,54H,4-7,9-10,12-16,18-19,21-23,25,31-53H2,1-3H3/b11-8-,20-17-,27-24-,29-26-,30-28-/t54-/m1/s1. The molecule has 0 heterocycles. The number of rotatable bonds is 48. The molecule has 364 valence electrons. The van der Waals surface area contributed by atoms with Gasteiger partial charge in [0.15, 0.2) is 6.10 Å². The molecule has 6 nitrogen and oxygen atoms in total. The van der Waals surface area contributed by atoms with Gasteiger partial charge in [-0.1, -0.05) is 204 Å². The Morgan fingerprint density at radius 3 is 0.984 bits per heavy atom. The summed E-state index contributed by atoms with van der Waals surface area (Å²) in [4.78, 5) is 38.0. The minimum absolute atomic E-state index is 0.0877.